The lowest BCUT2D eigenvalue weighted by Gasteiger charge is -2.34. The summed E-state index contributed by atoms with van der Waals surface area (Å²) in [5.74, 6) is 0.789. The van der Waals surface area contributed by atoms with Gasteiger partial charge in [-0.2, -0.15) is 0 Å². The van der Waals surface area contributed by atoms with Crippen molar-refractivity contribution in [2.45, 2.75) is 12.2 Å². The Hall–Kier alpha value is -0.430. The number of β-amino-alcohol motifs (C(OH)–C–C–N with tert-alkyl or cyclic N) is 1. The SMILES string of the molecule is OC(CN1CCNCC1)C1COc2c(cc(Cl)c(Cl)c2Cl)O1. The van der Waals surface area contributed by atoms with Gasteiger partial charge in [0.1, 0.15) is 17.7 Å². The van der Waals surface area contributed by atoms with Gasteiger partial charge in [0.25, 0.3) is 0 Å². The maximum atomic E-state index is 10.4. The van der Waals surface area contributed by atoms with E-state index in [1.165, 1.54) is 0 Å². The number of halogens is 3. The van der Waals surface area contributed by atoms with Crippen LogP contribution >= 0.6 is 34.8 Å². The summed E-state index contributed by atoms with van der Waals surface area (Å²) < 4.78 is 11.4. The second-order valence-electron chi connectivity index (χ2n) is 5.40. The Morgan fingerprint density at radius 2 is 2.00 bits per heavy atom. The van der Waals surface area contributed by atoms with Gasteiger partial charge in [0, 0.05) is 38.8 Å². The van der Waals surface area contributed by atoms with Crippen molar-refractivity contribution in [3.63, 3.8) is 0 Å². The smallest absolute Gasteiger partial charge is 0.181 e. The average Bonchev–Trinajstić information content (AvgIpc) is 2.53. The average molecular weight is 368 g/mol. The van der Waals surface area contributed by atoms with Crippen molar-refractivity contribution in [2.75, 3.05) is 39.3 Å². The van der Waals surface area contributed by atoms with Crippen LogP contribution in [0.5, 0.6) is 11.5 Å². The summed E-state index contributed by atoms with van der Waals surface area (Å²) in [5, 5.41) is 14.4. The van der Waals surface area contributed by atoms with Crippen molar-refractivity contribution < 1.29 is 14.6 Å². The number of hydrogen-bond donors (Lipinski definition) is 2. The largest absolute Gasteiger partial charge is 0.484 e. The predicted molar refractivity (Wildman–Crippen MR) is 86.7 cm³/mol. The van der Waals surface area contributed by atoms with Crippen LogP contribution in [0.25, 0.3) is 0 Å². The van der Waals surface area contributed by atoms with Gasteiger partial charge in [-0.05, 0) is 0 Å². The number of aliphatic hydroxyl groups excluding tert-OH is 1. The first kappa shape index (κ1) is 16.4. The molecule has 2 heterocycles. The number of fused-ring (bicyclic) bond motifs is 1. The molecule has 1 fully saturated rings. The van der Waals surface area contributed by atoms with Crippen LogP contribution in [0.2, 0.25) is 15.1 Å². The summed E-state index contributed by atoms with van der Waals surface area (Å²) in [6, 6.07) is 1.56. The second kappa shape index (κ2) is 6.99. The first-order valence-electron chi connectivity index (χ1n) is 7.14. The normalized spacial score (nSPS) is 23.4. The van der Waals surface area contributed by atoms with Crippen molar-refractivity contribution in [3.05, 3.63) is 21.1 Å². The predicted octanol–water partition coefficient (Wildman–Crippen LogP) is 2.05. The molecule has 0 saturated carbocycles. The summed E-state index contributed by atoms with van der Waals surface area (Å²) in [7, 11) is 0. The molecule has 3 rings (SSSR count). The van der Waals surface area contributed by atoms with Crippen molar-refractivity contribution in [1.29, 1.82) is 0 Å². The Balaban J connectivity index is 1.68. The molecule has 0 amide bonds. The van der Waals surface area contributed by atoms with Crippen LogP contribution in [-0.4, -0.2) is 61.5 Å². The van der Waals surface area contributed by atoms with E-state index in [9.17, 15) is 5.11 Å². The molecule has 2 unspecified atom stereocenters. The van der Waals surface area contributed by atoms with Gasteiger partial charge in [-0.3, -0.25) is 4.90 Å². The summed E-state index contributed by atoms with van der Waals surface area (Å²) in [4.78, 5) is 2.20. The highest BCUT2D eigenvalue weighted by molar-refractivity contribution is 6.48. The zero-order valence-corrected chi connectivity index (χ0v) is 14.1. The van der Waals surface area contributed by atoms with Crippen LogP contribution in [0.15, 0.2) is 6.07 Å². The third-order valence-corrected chi connectivity index (χ3v) is 5.08. The quantitative estimate of drug-likeness (QED) is 0.801. The molecule has 0 aliphatic carbocycles. The lowest BCUT2D eigenvalue weighted by atomic mass is 10.1. The molecule has 1 aromatic rings. The van der Waals surface area contributed by atoms with Gasteiger partial charge in [0.15, 0.2) is 17.6 Å². The Morgan fingerprint density at radius 3 is 2.73 bits per heavy atom. The van der Waals surface area contributed by atoms with Gasteiger partial charge < -0.3 is 19.9 Å². The van der Waals surface area contributed by atoms with E-state index in [0.29, 0.717) is 23.1 Å². The van der Waals surface area contributed by atoms with E-state index >= 15 is 0 Å². The Labute approximate surface area is 144 Å². The molecule has 2 aliphatic rings. The molecule has 2 aliphatic heterocycles. The maximum absolute atomic E-state index is 10.4. The fourth-order valence-corrected chi connectivity index (χ4v) is 3.24. The molecule has 2 N–H and O–H groups in total. The number of benzene rings is 1. The first-order valence-corrected chi connectivity index (χ1v) is 8.27. The monoisotopic (exact) mass is 366 g/mol. The zero-order valence-electron chi connectivity index (χ0n) is 11.8. The molecule has 22 heavy (non-hydrogen) atoms. The summed E-state index contributed by atoms with van der Waals surface area (Å²) >= 11 is 18.1. The van der Waals surface area contributed by atoms with E-state index in [1.54, 1.807) is 6.07 Å². The number of nitrogens with zero attached hydrogens (tertiary/aromatic N) is 1. The Kier molecular flexibility index (Phi) is 5.22. The summed E-state index contributed by atoms with van der Waals surface area (Å²) in [6.45, 7) is 4.45. The highest BCUT2D eigenvalue weighted by Crippen LogP contribution is 2.46. The van der Waals surface area contributed by atoms with Crippen LogP contribution in [0.1, 0.15) is 0 Å². The van der Waals surface area contributed by atoms with E-state index in [0.717, 1.165) is 26.2 Å². The molecule has 2 atom stereocenters. The van der Waals surface area contributed by atoms with Gasteiger partial charge in [0.2, 0.25) is 0 Å². The topological polar surface area (TPSA) is 54.0 Å². The van der Waals surface area contributed by atoms with Crippen molar-refractivity contribution in [1.82, 2.24) is 10.2 Å². The first-order chi connectivity index (χ1) is 10.6. The number of aliphatic hydroxyl groups is 1. The second-order valence-corrected chi connectivity index (χ2v) is 6.56. The minimum absolute atomic E-state index is 0.220. The van der Waals surface area contributed by atoms with Gasteiger partial charge in [-0.15, -0.1) is 0 Å². The van der Waals surface area contributed by atoms with E-state index in [2.05, 4.69) is 10.2 Å². The Bertz CT molecular complexity index is 553. The van der Waals surface area contributed by atoms with E-state index in [-0.39, 0.29) is 16.7 Å². The van der Waals surface area contributed by atoms with Crippen LogP contribution in [-0.2, 0) is 0 Å². The molecule has 122 valence electrons. The Morgan fingerprint density at radius 1 is 1.27 bits per heavy atom. The highest BCUT2D eigenvalue weighted by atomic mass is 35.5. The lowest BCUT2D eigenvalue weighted by molar-refractivity contribution is -0.0265. The van der Waals surface area contributed by atoms with Gasteiger partial charge in [-0.25, -0.2) is 0 Å². The van der Waals surface area contributed by atoms with Crippen LogP contribution < -0.4 is 14.8 Å². The molecule has 0 aromatic heterocycles. The van der Waals surface area contributed by atoms with Gasteiger partial charge in [-0.1, -0.05) is 34.8 Å². The summed E-state index contributed by atoms with van der Waals surface area (Å²) in [5.41, 5.74) is 0. The van der Waals surface area contributed by atoms with E-state index in [4.69, 9.17) is 44.3 Å². The van der Waals surface area contributed by atoms with Gasteiger partial charge >= 0.3 is 0 Å². The number of ether oxygens (including phenoxy) is 2. The molecule has 8 heteroatoms. The molecule has 0 bridgehead atoms. The van der Waals surface area contributed by atoms with Crippen LogP contribution in [0.3, 0.4) is 0 Å². The standard InChI is InChI=1S/C14H17Cl3N2O3/c15-8-5-10-14(13(17)12(8)16)21-7-11(22-10)9(20)6-19-3-1-18-2-4-19/h5,9,11,18,20H,1-4,6-7H2. The fraction of sp³-hybridized carbons (Fsp3) is 0.571. The van der Waals surface area contributed by atoms with E-state index < -0.39 is 12.2 Å². The molecule has 1 aromatic carbocycles. The minimum Gasteiger partial charge on any atom is -0.484 e. The molecule has 1 saturated heterocycles. The molecular weight excluding hydrogens is 351 g/mol. The number of nitrogens with one attached hydrogen (secondary N) is 1. The zero-order chi connectivity index (χ0) is 15.7. The molecular formula is C14H17Cl3N2O3. The highest BCUT2D eigenvalue weighted by Gasteiger charge is 2.31. The third-order valence-electron chi connectivity index (χ3n) is 3.84. The lowest BCUT2D eigenvalue weighted by Crippen LogP contribution is -2.51. The van der Waals surface area contributed by atoms with Crippen molar-refractivity contribution in [3.8, 4) is 11.5 Å². The molecule has 5 nitrogen and oxygen atoms in total. The van der Waals surface area contributed by atoms with Crippen molar-refractivity contribution >= 4 is 34.8 Å². The van der Waals surface area contributed by atoms with Crippen molar-refractivity contribution in [2.24, 2.45) is 0 Å². The van der Waals surface area contributed by atoms with E-state index in [1.807, 2.05) is 0 Å². The third kappa shape index (κ3) is 3.40. The molecule has 0 spiro atoms. The minimum atomic E-state index is -0.653. The number of piperazine rings is 1. The summed E-state index contributed by atoms with van der Waals surface area (Å²) in [6.07, 6.45) is -1.12. The van der Waals surface area contributed by atoms with Crippen LogP contribution in [0.4, 0.5) is 0 Å². The van der Waals surface area contributed by atoms with Gasteiger partial charge in [0.05, 0.1) is 10.0 Å². The van der Waals surface area contributed by atoms with Crippen LogP contribution in [0, 0.1) is 0 Å². The molecule has 0 radical (unpaired) electrons. The maximum Gasteiger partial charge on any atom is 0.181 e. The number of rotatable bonds is 3. The number of hydrogen-bond acceptors (Lipinski definition) is 5. The fourth-order valence-electron chi connectivity index (χ4n) is 2.61.